The number of hydrogen-bond donors (Lipinski definition) is 3. The van der Waals surface area contributed by atoms with Crippen LogP contribution in [0, 0.1) is 0 Å². The highest BCUT2D eigenvalue weighted by Crippen LogP contribution is 2.24. The SMILES string of the molecule is COC1CCC(NC(=O)Nc2ccc(C(=O)O)cc2Cl)C1. The van der Waals surface area contributed by atoms with Crippen LogP contribution in [0.3, 0.4) is 0 Å². The maximum atomic E-state index is 11.9. The van der Waals surface area contributed by atoms with Gasteiger partial charge in [0.05, 0.1) is 22.4 Å². The second kappa shape index (κ2) is 6.78. The molecule has 0 heterocycles. The van der Waals surface area contributed by atoms with E-state index in [0.29, 0.717) is 5.69 Å². The molecule has 0 bridgehead atoms. The van der Waals surface area contributed by atoms with E-state index < -0.39 is 5.97 Å². The van der Waals surface area contributed by atoms with Gasteiger partial charge in [0.15, 0.2) is 0 Å². The molecule has 7 heteroatoms. The van der Waals surface area contributed by atoms with Crippen molar-refractivity contribution >= 4 is 29.3 Å². The molecule has 0 aromatic heterocycles. The molecule has 114 valence electrons. The lowest BCUT2D eigenvalue weighted by atomic mass is 10.2. The zero-order valence-electron chi connectivity index (χ0n) is 11.6. The summed E-state index contributed by atoms with van der Waals surface area (Å²) in [5.74, 6) is -1.07. The summed E-state index contributed by atoms with van der Waals surface area (Å²) in [6, 6.07) is 3.88. The minimum absolute atomic E-state index is 0.0738. The number of benzene rings is 1. The largest absolute Gasteiger partial charge is 0.478 e. The van der Waals surface area contributed by atoms with E-state index in [2.05, 4.69) is 10.6 Å². The number of urea groups is 1. The Bertz CT molecular complexity index is 550. The monoisotopic (exact) mass is 312 g/mol. The standard InChI is InChI=1S/C14H17ClN2O4/c1-21-10-4-3-9(7-10)16-14(20)17-12-5-2-8(13(18)19)6-11(12)15/h2,5-6,9-10H,3-4,7H2,1H3,(H,18,19)(H2,16,17,20). The molecule has 21 heavy (non-hydrogen) atoms. The van der Waals surface area contributed by atoms with Crippen molar-refractivity contribution in [1.82, 2.24) is 5.32 Å². The fraction of sp³-hybridized carbons (Fsp3) is 0.429. The van der Waals surface area contributed by atoms with E-state index in [0.717, 1.165) is 19.3 Å². The first kappa shape index (κ1) is 15.6. The minimum atomic E-state index is -1.07. The Morgan fingerprint density at radius 3 is 2.71 bits per heavy atom. The number of hydrogen-bond acceptors (Lipinski definition) is 3. The number of aromatic carboxylic acids is 1. The summed E-state index contributed by atoms with van der Waals surface area (Å²) in [4.78, 5) is 22.7. The fourth-order valence-corrected chi connectivity index (χ4v) is 2.61. The van der Waals surface area contributed by atoms with E-state index in [-0.39, 0.29) is 28.8 Å². The number of rotatable bonds is 4. The van der Waals surface area contributed by atoms with Crippen LogP contribution < -0.4 is 10.6 Å². The normalized spacial score (nSPS) is 21.0. The predicted octanol–water partition coefficient (Wildman–Crippen LogP) is 2.73. The fourth-order valence-electron chi connectivity index (χ4n) is 2.38. The van der Waals surface area contributed by atoms with Crippen molar-refractivity contribution in [2.24, 2.45) is 0 Å². The molecule has 1 aliphatic rings. The third-order valence-corrected chi connectivity index (χ3v) is 3.83. The van der Waals surface area contributed by atoms with Crippen molar-refractivity contribution in [1.29, 1.82) is 0 Å². The van der Waals surface area contributed by atoms with Gasteiger partial charge in [0.25, 0.3) is 0 Å². The quantitative estimate of drug-likeness (QED) is 0.797. The number of carboxylic acid groups (broad SMARTS) is 1. The zero-order chi connectivity index (χ0) is 15.4. The molecular weight excluding hydrogens is 296 g/mol. The maximum absolute atomic E-state index is 11.9. The Hall–Kier alpha value is -1.79. The summed E-state index contributed by atoms with van der Waals surface area (Å²) < 4.78 is 5.25. The molecule has 2 unspecified atom stereocenters. The van der Waals surface area contributed by atoms with Gasteiger partial charge in [-0.1, -0.05) is 11.6 Å². The second-order valence-electron chi connectivity index (χ2n) is 4.97. The molecule has 2 amide bonds. The van der Waals surface area contributed by atoms with E-state index >= 15 is 0 Å². The first-order valence-electron chi connectivity index (χ1n) is 6.62. The molecule has 0 radical (unpaired) electrons. The number of amides is 2. The Morgan fingerprint density at radius 1 is 1.38 bits per heavy atom. The van der Waals surface area contributed by atoms with Crippen LogP contribution in [0.4, 0.5) is 10.5 Å². The molecule has 1 aromatic carbocycles. The number of carbonyl (C=O) groups excluding carboxylic acids is 1. The van der Waals surface area contributed by atoms with Gasteiger partial charge in [-0.15, -0.1) is 0 Å². The maximum Gasteiger partial charge on any atom is 0.335 e. The molecule has 2 atom stereocenters. The second-order valence-corrected chi connectivity index (χ2v) is 5.37. The van der Waals surface area contributed by atoms with Crippen LogP contribution in [0.5, 0.6) is 0 Å². The van der Waals surface area contributed by atoms with Crippen LogP contribution in [0.1, 0.15) is 29.6 Å². The molecule has 1 aromatic rings. The van der Waals surface area contributed by atoms with Crippen molar-refractivity contribution in [3.05, 3.63) is 28.8 Å². The predicted molar refractivity (Wildman–Crippen MR) is 79.0 cm³/mol. The minimum Gasteiger partial charge on any atom is -0.478 e. The summed E-state index contributed by atoms with van der Waals surface area (Å²) >= 11 is 5.95. The summed E-state index contributed by atoms with van der Waals surface area (Å²) in [6.45, 7) is 0. The highest BCUT2D eigenvalue weighted by Gasteiger charge is 2.25. The van der Waals surface area contributed by atoms with Gasteiger partial charge < -0.3 is 20.5 Å². The first-order valence-corrected chi connectivity index (χ1v) is 7.00. The van der Waals surface area contributed by atoms with Gasteiger partial charge in [-0.25, -0.2) is 9.59 Å². The van der Waals surface area contributed by atoms with E-state index in [4.69, 9.17) is 21.4 Å². The summed E-state index contributed by atoms with van der Waals surface area (Å²) in [5, 5.41) is 14.5. The molecular formula is C14H17ClN2O4. The zero-order valence-corrected chi connectivity index (χ0v) is 12.3. The average Bonchev–Trinajstić information content (AvgIpc) is 2.88. The van der Waals surface area contributed by atoms with Gasteiger partial charge >= 0.3 is 12.0 Å². The Labute approximate surface area is 127 Å². The third kappa shape index (κ3) is 4.09. The van der Waals surface area contributed by atoms with E-state index in [9.17, 15) is 9.59 Å². The van der Waals surface area contributed by atoms with Crippen LogP contribution in [0.15, 0.2) is 18.2 Å². The number of anilines is 1. The van der Waals surface area contributed by atoms with Crippen LogP contribution in [0.2, 0.25) is 5.02 Å². The topological polar surface area (TPSA) is 87.7 Å². The number of carboxylic acids is 1. The molecule has 0 saturated heterocycles. The molecule has 1 fully saturated rings. The van der Waals surface area contributed by atoms with Gasteiger partial charge in [-0.05, 0) is 37.5 Å². The van der Waals surface area contributed by atoms with Crippen molar-refractivity contribution in [3.63, 3.8) is 0 Å². The average molecular weight is 313 g/mol. The molecule has 3 N–H and O–H groups in total. The molecule has 0 aliphatic heterocycles. The van der Waals surface area contributed by atoms with Gasteiger partial charge in [0.1, 0.15) is 0 Å². The molecule has 0 spiro atoms. The van der Waals surface area contributed by atoms with Gasteiger partial charge in [0.2, 0.25) is 0 Å². The van der Waals surface area contributed by atoms with Crippen LogP contribution in [-0.2, 0) is 4.74 Å². The van der Waals surface area contributed by atoms with Crippen molar-refractivity contribution in [2.75, 3.05) is 12.4 Å². The van der Waals surface area contributed by atoms with Gasteiger partial charge in [0, 0.05) is 13.2 Å². The highest BCUT2D eigenvalue weighted by molar-refractivity contribution is 6.34. The lowest BCUT2D eigenvalue weighted by Crippen LogP contribution is -2.36. The Morgan fingerprint density at radius 2 is 2.14 bits per heavy atom. The summed E-state index contributed by atoms with van der Waals surface area (Å²) in [7, 11) is 1.66. The van der Waals surface area contributed by atoms with Crippen LogP contribution in [-0.4, -0.2) is 36.4 Å². The highest BCUT2D eigenvalue weighted by atomic mass is 35.5. The smallest absolute Gasteiger partial charge is 0.335 e. The lowest BCUT2D eigenvalue weighted by molar-refractivity contribution is 0.0697. The lowest BCUT2D eigenvalue weighted by Gasteiger charge is -2.14. The summed E-state index contributed by atoms with van der Waals surface area (Å²) in [6.07, 6.45) is 2.77. The van der Waals surface area contributed by atoms with Crippen molar-refractivity contribution in [3.8, 4) is 0 Å². The summed E-state index contributed by atoms with van der Waals surface area (Å²) in [5.41, 5.74) is 0.449. The van der Waals surface area contributed by atoms with E-state index in [1.54, 1.807) is 7.11 Å². The molecule has 1 aliphatic carbocycles. The van der Waals surface area contributed by atoms with Crippen molar-refractivity contribution in [2.45, 2.75) is 31.4 Å². The number of carbonyl (C=O) groups is 2. The number of nitrogens with one attached hydrogen (secondary N) is 2. The Kier molecular flexibility index (Phi) is 5.03. The van der Waals surface area contributed by atoms with E-state index in [1.165, 1.54) is 18.2 Å². The molecule has 2 rings (SSSR count). The number of methoxy groups -OCH3 is 1. The third-order valence-electron chi connectivity index (χ3n) is 3.52. The van der Waals surface area contributed by atoms with Crippen molar-refractivity contribution < 1.29 is 19.4 Å². The van der Waals surface area contributed by atoms with Crippen LogP contribution >= 0.6 is 11.6 Å². The number of halogens is 1. The molecule has 1 saturated carbocycles. The van der Waals surface area contributed by atoms with Gasteiger partial charge in [-0.3, -0.25) is 0 Å². The Balaban J connectivity index is 1.92. The van der Waals surface area contributed by atoms with Crippen LogP contribution in [0.25, 0.3) is 0 Å². The first-order chi connectivity index (χ1) is 9.99. The van der Waals surface area contributed by atoms with E-state index in [1.807, 2.05) is 0 Å². The number of ether oxygens (including phenoxy) is 1. The van der Waals surface area contributed by atoms with Gasteiger partial charge in [-0.2, -0.15) is 0 Å². The molecule has 6 nitrogen and oxygen atoms in total.